The van der Waals surface area contributed by atoms with Gasteiger partial charge in [0, 0.05) is 11.1 Å². The zero-order valence-electron chi connectivity index (χ0n) is 25.3. The van der Waals surface area contributed by atoms with Crippen molar-refractivity contribution in [1.29, 1.82) is 0 Å². The average Bonchev–Trinajstić information content (AvgIpc) is 3.44. The molecule has 6 aromatic rings. The molecule has 0 aliphatic heterocycles. The first kappa shape index (κ1) is 26.2. The normalized spacial score (nSPS) is 15.2. The Kier molecular flexibility index (Phi) is 6.13. The van der Waals surface area contributed by atoms with E-state index >= 15 is 0 Å². The Hall–Kier alpha value is -4.46. The third kappa shape index (κ3) is 3.95. The van der Waals surface area contributed by atoms with Crippen molar-refractivity contribution < 1.29 is 0 Å². The lowest BCUT2D eigenvalue weighted by molar-refractivity contribution is 1.31. The molecule has 6 aromatic carbocycles. The predicted molar refractivity (Wildman–Crippen MR) is 189 cm³/mol. The Morgan fingerprint density at radius 2 is 0.674 bits per heavy atom. The minimum absolute atomic E-state index is 0.768. The molecule has 0 heterocycles. The highest BCUT2D eigenvalue weighted by Crippen LogP contribution is 2.51. The van der Waals surface area contributed by atoms with E-state index in [-0.39, 0.29) is 0 Å². The van der Waals surface area contributed by atoms with Gasteiger partial charge in [-0.3, -0.25) is 0 Å². The van der Waals surface area contributed by atoms with Crippen LogP contribution in [-0.4, -0.2) is 9.52 Å². The fourth-order valence-electron chi connectivity index (χ4n) is 7.65. The molecule has 0 atom stereocenters. The predicted octanol–water partition coefficient (Wildman–Crippen LogP) is 10.6. The van der Waals surface area contributed by atoms with Crippen molar-refractivity contribution in [2.24, 2.45) is 0 Å². The van der Waals surface area contributed by atoms with Crippen molar-refractivity contribution in [3.05, 3.63) is 166 Å². The van der Waals surface area contributed by atoms with Crippen LogP contribution < -0.4 is 0 Å². The van der Waals surface area contributed by atoms with Crippen LogP contribution in [0.2, 0.25) is 0 Å². The van der Waals surface area contributed by atoms with Crippen LogP contribution in [0.25, 0.3) is 54.9 Å². The summed E-state index contributed by atoms with van der Waals surface area (Å²) in [4.78, 5) is 0. The maximum atomic E-state index is 2.38. The minimum Gasteiger partial charge on any atom is -0.0617 e. The van der Waals surface area contributed by atoms with Gasteiger partial charge >= 0.3 is 0 Å². The maximum Gasteiger partial charge on any atom is 0.0575 e. The molecule has 0 unspecified atom stereocenters. The van der Waals surface area contributed by atoms with E-state index < -0.39 is 9.52 Å². The molecule has 0 fully saturated rings. The number of benzene rings is 6. The largest absolute Gasteiger partial charge is 0.0617 e. The van der Waals surface area contributed by atoms with Gasteiger partial charge in [-0.05, 0) is 105 Å². The molecule has 43 heavy (non-hydrogen) atoms. The summed E-state index contributed by atoms with van der Waals surface area (Å²) < 4.78 is 0. The fraction of sp³-hybridized carbons (Fsp3) is 0.0952. The SMILES string of the molecule is CC1=C(C)c2c(cccc2-c2cccc3ccccc23)[C]1[SiH2][C]1C(C)=C(C)c2c1cccc2-c1cccc2ccccc12. The third-order valence-corrected chi connectivity index (χ3v) is 12.6. The second-order valence-electron chi connectivity index (χ2n) is 12.1. The molecule has 0 spiro atoms. The van der Waals surface area contributed by atoms with Crippen molar-refractivity contribution in [3.8, 4) is 22.3 Å². The van der Waals surface area contributed by atoms with E-state index in [4.69, 9.17) is 0 Å². The molecule has 2 radical (unpaired) electrons. The molecular weight excluding hydrogens is 533 g/mol. The van der Waals surface area contributed by atoms with Gasteiger partial charge < -0.3 is 0 Å². The molecule has 2 aliphatic carbocycles. The van der Waals surface area contributed by atoms with E-state index in [1.165, 1.54) is 88.3 Å². The molecule has 0 aromatic heterocycles. The van der Waals surface area contributed by atoms with Crippen LogP contribution in [0.5, 0.6) is 0 Å². The second kappa shape index (κ2) is 10.1. The quantitative estimate of drug-likeness (QED) is 0.186. The summed E-state index contributed by atoms with van der Waals surface area (Å²) in [7, 11) is -0.768. The van der Waals surface area contributed by atoms with Crippen LogP contribution in [0.3, 0.4) is 0 Å². The zero-order chi connectivity index (χ0) is 29.2. The number of rotatable bonds is 4. The van der Waals surface area contributed by atoms with Crippen molar-refractivity contribution in [2.45, 2.75) is 27.7 Å². The molecule has 0 saturated carbocycles. The highest BCUT2D eigenvalue weighted by Gasteiger charge is 2.37. The van der Waals surface area contributed by atoms with Gasteiger partial charge in [-0.25, -0.2) is 0 Å². The van der Waals surface area contributed by atoms with Crippen LogP contribution in [-0.2, 0) is 0 Å². The van der Waals surface area contributed by atoms with Crippen LogP contribution in [0.15, 0.2) is 132 Å². The molecular formula is C42H34Si. The van der Waals surface area contributed by atoms with Gasteiger partial charge in [-0.1, -0.05) is 132 Å². The zero-order valence-corrected chi connectivity index (χ0v) is 26.7. The Morgan fingerprint density at radius 1 is 0.326 bits per heavy atom. The third-order valence-electron chi connectivity index (χ3n) is 10.1. The van der Waals surface area contributed by atoms with E-state index in [9.17, 15) is 0 Å². The lowest BCUT2D eigenvalue weighted by atomic mass is 9.91. The molecule has 206 valence electrons. The molecule has 0 N–H and O–H groups in total. The first-order valence-electron chi connectivity index (χ1n) is 15.3. The van der Waals surface area contributed by atoms with Crippen molar-refractivity contribution in [2.75, 3.05) is 0 Å². The first-order chi connectivity index (χ1) is 21.0. The van der Waals surface area contributed by atoms with E-state index in [0.717, 1.165) is 0 Å². The van der Waals surface area contributed by atoms with E-state index in [1.807, 2.05) is 0 Å². The van der Waals surface area contributed by atoms with Gasteiger partial charge in [0.2, 0.25) is 0 Å². The smallest absolute Gasteiger partial charge is 0.0575 e. The van der Waals surface area contributed by atoms with Crippen molar-refractivity contribution >= 4 is 42.2 Å². The number of allylic oxidation sites excluding steroid dienone is 4. The highest BCUT2D eigenvalue weighted by molar-refractivity contribution is 6.57. The summed E-state index contributed by atoms with van der Waals surface area (Å²) in [5, 5.41) is 5.24. The maximum absolute atomic E-state index is 2.38. The lowest BCUT2D eigenvalue weighted by Gasteiger charge is -2.21. The van der Waals surface area contributed by atoms with Crippen molar-refractivity contribution in [3.63, 3.8) is 0 Å². The number of hydrogen-bond acceptors (Lipinski definition) is 0. The molecule has 0 nitrogen and oxygen atoms in total. The van der Waals surface area contributed by atoms with Crippen LogP contribution in [0, 0.1) is 11.1 Å². The number of hydrogen-bond donors (Lipinski definition) is 0. The Morgan fingerprint density at radius 3 is 1.14 bits per heavy atom. The number of fused-ring (bicyclic) bond motifs is 4. The van der Waals surface area contributed by atoms with E-state index in [0.29, 0.717) is 0 Å². The molecule has 0 bridgehead atoms. The summed E-state index contributed by atoms with van der Waals surface area (Å²) in [6.45, 7) is 9.40. The lowest BCUT2D eigenvalue weighted by Crippen LogP contribution is -2.18. The fourth-order valence-corrected chi connectivity index (χ4v) is 10.0. The molecule has 8 rings (SSSR count). The van der Waals surface area contributed by atoms with Gasteiger partial charge in [-0.2, -0.15) is 0 Å². The standard InChI is InChI=1S/C42H34Si/c1-25-27(3)41(37-23-11-21-35(39(25)37)33-19-9-15-29-13-5-7-17-31(29)33)43-42-28(4)26(2)40-36(22-12-24-38(40)42)34-20-10-16-30-14-6-8-18-32(30)34/h5-24H,43H2,1-4H3. The van der Waals surface area contributed by atoms with Gasteiger partial charge in [0.15, 0.2) is 0 Å². The monoisotopic (exact) mass is 566 g/mol. The topological polar surface area (TPSA) is 0 Å². The van der Waals surface area contributed by atoms with Crippen LogP contribution >= 0.6 is 0 Å². The van der Waals surface area contributed by atoms with Gasteiger partial charge in [-0.15, -0.1) is 0 Å². The van der Waals surface area contributed by atoms with Gasteiger partial charge in [0.25, 0.3) is 0 Å². The molecule has 0 saturated heterocycles. The minimum atomic E-state index is -0.768. The molecule has 2 aliphatic rings. The summed E-state index contributed by atoms with van der Waals surface area (Å²) in [6.07, 6.45) is 0. The van der Waals surface area contributed by atoms with Crippen LogP contribution in [0.1, 0.15) is 49.9 Å². The van der Waals surface area contributed by atoms with Gasteiger partial charge in [0.1, 0.15) is 0 Å². The molecule has 0 amide bonds. The molecule has 1 heteroatoms. The Labute approximate surface area is 257 Å². The summed E-state index contributed by atoms with van der Waals surface area (Å²) >= 11 is 0. The Balaban J connectivity index is 1.23. The second-order valence-corrected chi connectivity index (χ2v) is 13.9. The Bertz CT molecular complexity index is 1990. The highest BCUT2D eigenvalue weighted by atomic mass is 28.2. The summed E-state index contributed by atoms with van der Waals surface area (Å²) in [5.74, 6) is 0. The first-order valence-corrected chi connectivity index (χ1v) is 16.8. The van der Waals surface area contributed by atoms with Crippen molar-refractivity contribution in [1.82, 2.24) is 0 Å². The average molecular weight is 567 g/mol. The van der Waals surface area contributed by atoms with E-state index in [1.54, 1.807) is 11.1 Å². The van der Waals surface area contributed by atoms with Gasteiger partial charge in [0.05, 0.1) is 9.52 Å². The summed E-state index contributed by atoms with van der Waals surface area (Å²) in [6, 6.07) is 44.9. The van der Waals surface area contributed by atoms with E-state index in [2.05, 4.69) is 149 Å². The summed E-state index contributed by atoms with van der Waals surface area (Å²) in [5.41, 5.74) is 20.1. The van der Waals surface area contributed by atoms with Crippen LogP contribution in [0.4, 0.5) is 0 Å².